The van der Waals surface area contributed by atoms with Crippen LogP contribution in [-0.2, 0) is 5.41 Å². The molecule has 6 heteroatoms. The van der Waals surface area contributed by atoms with Crippen molar-refractivity contribution in [2.45, 2.75) is 36.7 Å². The van der Waals surface area contributed by atoms with E-state index in [-0.39, 0.29) is 6.42 Å². The Kier molecular flexibility index (Phi) is 3.11. The van der Waals surface area contributed by atoms with Gasteiger partial charge >= 0.3 is 0 Å². The zero-order valence-electron chi connectivity index (χ0n) is 12.5. The summed E-state index contributed by atoms with van der Waals surface area (Å²) in [5.41, 5.74) is -0.191. The Morgan fingerprint density at radius 1 is 1.04 bits per heavy atom. The fourth-order valence-corrected chi connectivity index (χ4v) is 3.92. The van der Waals surface area contributed by atoms with Crippen molar-refractivity contribution >= 4 is 0 Å². The van der Waals surface area contributed by atoms with Gasteiger partial charge in [0.1, 0.15) is 17.7 Å². The van der Waals surface area contributed by atoms with E-state index in [0.29, 0.717) is 16.9 Å². The van der Waals surface area contributed by atoms with Crippen LogP contribution in [0.25, 0.3) is 0 Å². The molecule has 0 spiro atoms. The van der Waals surface area contributed by atoms with Crippen molar-refractivity contribution in [3.63, 3.8) is 0 Å². The van der Waals surface area contributed by atoms with Crippen molar-refractivity contribution in [2.75, 3.05) is 0 Å². The largest absolute Gasteiger partial charge is 0.505 e. The zero-order chi connectivity index (χ0) is 17.1. The molecule has 2 atom stereocenters. The molecule has 126 valence electrons. The number of phenolic OH excluding ortho intramolecular Hbond substituents is 1. The first-order valence-corrected chi connectivity index (χ1v) is 7.65. The molecule has 2 aromatic carbocycles. The van der Waals surface area contributed by atoms with E-state index in [1.165, 1.54) is 30.3 Å². The Labute approximate surface area is 135 Å². The second-order valence-electron chi connectivity index (χ2n) is 6.44. The molecule has 2 unspecified atom stereocenters. The molecule has 0 aromatic heterocycles. The summed E-state index contributed by atoms with van der Waals surface area (Å²) in [5, 5.41) is 9.42. The van der Waals surface area contributed by atoms with Gasteiger partial charge < -0.3 is 9.84 Å². The third-order valence-corrected chi connectivity index (χ3v) is 5.07. The van der Waals surface area contributed by atoms with Gasteiger partial charge in [-0.25, -0.2) is 17.6 Å². The van der Waals surface area contributed by atoms with Crippen LogP contribution in [-0.4, -0.2) is 17.1 Å². The summed E-state index contributed by atoms with van der Waals surface area (Å²) in [6, 6.07) is 7.68. The molecule has 1 heterocycles. The van der Waals surface area contributed by atoms with Crippen molar-refractivity contribution in [3.05, 3.63) is 59.2 Å². The molecule has 1 fully saturated rings. The van der Waals surface area contributed by atoms with Crippen LogP contribution >= 0.6 is 0 Å². The number of aromatic hydroxyl groups is 1. The first-order chi connectivity index (χ1) is 11.3. The molecule has 1 saturated carbocycles. The van der Waals surface area contributed by atoms with Crippen LogP contribution in [0, 0.1) is 11.6 Å². The molecule has 0 amide bonds. The minimum Gasteiger partial charge on any atom is -0.505 e. The zero-order valence-corrected chi connectivity index (χ0v) is 12.5. The maximum atomic E-state index is 13.9. The highest BCUT2D eigenvalue weighted by atomic mass is 19.3. The molecular weight excluding hydrogens is 324 g/mol. The maximum Gasteiger partial charge on any atom is 0.251 e. The van der Waals surface area contributed by atoms with Crippen molar-refractivity contribution in [1.29, 1.82) is 0 Å². The Balaban J connectivity index is 1.93. The predicted octanol–water partition coefficient (Wildman–Crippen LogP) is 4.54. The first-order valence-electron chi connectivity index (χ1n) is 7.65. The lowest BCUT2D eigenvalue weighted by Gasteiger charge is -2.41. The van der Waals surface area contributed by atoms with Gasteiger partial charge in [0, 0.05) is 18.4 Å². The second kappa shape index (κ2) is 4.88. The normalized spacial score (nSPS) is 27.2. The van der Waals surface area contributed by atoms with Gasteiger partial charge in [-0.3, -0.25) is 0 Å². The number of hydrogen-bond donors (Lipinski definition) is 1. The molecule has 2 aromatic rings. The summed E-state index contributed by atoms with van der Waals surface area (Å²) >= 11 is 0. The number of rotatable bonds is 1. The topological polar surface area (TPSA) is 29.5 Å². The van der Waals surface area contributed by atoms with Crippen LogP contribution in [0.2, 0.25) is 0 Å². The molecule has 1 aliphatic carbocycles. The third-order valence-electron chi connectivity index (χ3n) is 5.07. The smallest absolute Gasteiger partial charge is 0.251 e. The Bertz CT molecular complexity index is 821. The SMILES string of the molecule is Oc1ccc(C23CCC(F)(F)CC2Oc2ccc(F)cc23)cc1F. The highest BCUT2D eigenvalue weighted by Crippen LogP contribution is 2.57. The van der Waals surface area contributed by atoms with E-state index >= 15 is 0 Å². The lowest BCUT2D eigenvalue weighted by atomic mass is 9.63. The minimum atomic E-state index is -2.88. The van der Waals surface area contributed by atoms with Gasteiger partial charge in [0.2, 0.25) is 0 Å². The predicted molar refractivity (Wildman–Crippen MR) is 78.5 cm³/mol. The number of hydrogen-bond acceptors (Lipinski definition) is 2. The molecule has 2 aliphatic rings. The summed E-state index contributed by atoms with van der Waals surface area (Å²) in [4.78, 5) is 0. The van der Waals surface area contributed by atoms with Crippen molar-refractivity contribution in [3.8, 4) is 11.5 Å². The number of ether oxygens (including phenoxy) is 1. The van der Waals surface area contributed by atoms with Crippen molar-refractivity contribution in [1.82, 2.24) is 0 Å². The third kappa shape index (κ3) is 2.08. The number of fused-ring (bicyclic) bond motifs is 3. The molecule has 4 rings (SSSR count). The Morgan fingerprint density at radius 2 is 1.83 bits per heavy atom. The van der Waals surface area contributed by atoms with E-state index < -0.39 is 47.7 Å². The van der Waals surface area contributed by atoms with E-state index in [1.54, 1.807) is 0 Å². The van der Waals surface area contributed by atoms with E-state index in [1.807, 2.05) is 0 Å². The summed E-state index contributed by atoms with van der Waals surface area (Å²) in [6.07, 6.45) is -1.83. The van der Waals surface area contributed by atoms with Crippen molar-refractivity contribution in [2.24, 2.45) is 0 Å². The van der Waals surface area contributed by atoms with Crippen LogP contribution in [0.15, 0.2) is 36.4 Å². The fourth-order valence-electron chi connectivity index (χ4n) is 3.92. The Hall–Kier alpha value is -2.24. The highest BCUT2D eigenvalue weighted by Gasteiger charge is 2.57. The number of halogens is 4. The maximum absolute atomic E-state index is 13.9. The van der Waals surface area contributed by atoms with Gasteiger partial charge in [0.15, 0.2) is 11.6 Å². The van der Waals surface area contributed by atoms with Gasteiger partial charge in [-0.1, -0.05) is 6.07 Å². The average molecular weight is 338 g/mol. The molecular formula is C18H14F4O2. The van der Waals surface area contributed by atoms with Crippen molar-refractivity contribution < 1.29 is 27.4 Å². The number of alkyl halides is 2. The van der Waals surface area contributed by atoms with Gasteiger partial charge in [0.05, 0.1) is 5.41 Å². The quantitative estimate of drug-likeness (QED) is 0.774. The summed E-state index contributed by atoms with van der Waals surface area (Å²) in [6.45, 7) is 0. The molecule has 1 N–H and O–H groups in total. The van der Waals surface area contributed by atoms with Crippen LogP contribution < -0.4 is 4.74 Å². The van der Waals surface area contributed by atoms with Gasteiger partial charge in [-0.15, -0.1) is 0 Å². The lowest BCUT2D eigenvalue weighted by Crippen LogP contribution is -2.48. The van der Waals surface area contributed by atoms with Crippen LogP contribution in [0.4, 0.5) is 17.6 Å². The molecule has 2 nitrogen and oxygen atoms in total. The summed E-state index contributed by atoms with van der Waals surface area (Å²) < 4.78 is 61.2. The summed E-state index contributed by atoms with van der Waals surface area (Å²) in [5.74, 6) is -4.42. The van der Waals surface area contributed by atoms with E-state index in [0.717, 1.165) is 6.07 Å². The van der Waals surface area contributed by atoms with E-state index in [4.69, 9.17) is 4.74 Å². The first kappa shape index (κ1) is 15.3. The standard InChI is InChI=1S/C18H14F4O2/c19-11-2-4-15-12(8-11)18(10-1-3-14(23)13(20)7-10)6-5-17(21,22)9-16(18)24-15/h1-4,7-8,16,23H,5-6,9H2. The molecule has 1 aliphatic heterocycles. The highest BCUT2D eigenvalue weighted by molar-refractivity contribution is 5.54. The summed E-state index contributed by atoms with van der Waals surface area (Å²) in [7, 11) is 0. The Morgan fingerprint density at radius 3 is 2.58 bits per heavy atom. The fraction of sp³-hybridized carbons (Fsp3) is 0.333. The van der Waals surface area contributed by atoms with Gasteiger partial charge in [-0.2, -0.15) is 0 Å². The molecule has 0 radical (unpaired) electrons. The van der Waals surface area contributed by atoms with Crippen LogP contribution in [0.1, 0.15) is 30.4 Å². The average Bonchev–Trinajstić information content (AvgIpc) is 2.82. The minimum absolute atomic E-state index is 0.00529. The molecule has 0 saturated heterocycles. The van der Waals surface area contributed by atoms with Gasteiger partial charge in [-0.05, 0) is 42.3 Å². The lowest BCUT2D eigenvalue weighted by molar-refractivity contribution is -0.0830. The van der Waals surface area contributed by atoms with Crippen LogP contribution in [0.5, 0.6) is 11.5 Å². The van der Waals surface area contributed by atoms with Gasteiger partial charge in [0.25, 0.3) is 5.92 Å². The van der Waals surface area contributed by atoms with Crippen LogP contribution in [0.3, 0.4) is 0 Å². The molecule has 24 heavy (non-hydrogen) atoms. The van der Waals surface area contributed by atoms with E-state index in [2.05, 4.69) is 0 Å². The molecule has 0 bridgehead atoms. The second-order valence-corrected chi connectivity index (χ2v) is 6.44. The number of phenols is 1. The number of benzene rings is 2. The monoisotopic (exact) mass is 338 g/mol. The van der Waals surface area contributed by atoms with E-state index in [9.17, 15) is 22.7 Å².